The molecule has 152 valence electrons. The van der Waals surface area contributed by atoms with E-state index in [2.05, 4.69) is 5.32 Å². The summed E-state index contributed by atoms with van der Waals surface area (Å²) in [5.74, 6) is 0.966. The molecule has 1 saturated heterocycles. The molecule has 2 aromatic carbocycles. The molecule has 1 N–H and O–H groups in total. The van der Waals surface area contributed by atoms with Gasteiger partial charge in [-0.05, 0) is 56.0 Å². The highest BCUT2D eigenvalue weighted by Gasteiger charge is 2.31. The first kappa shape index (κ1) is 19.3. The van der Waals surface area contributed by atoms with Crippen LogP contribution >= 0.6 is 0 Å². The third-order valence-electron chi connectivity index (χ3n) is 5.54. The second-order valence-corrected chi connectivity index (χ2v) is 7.60. The normalized spacial score (nSPS) is 18.6. The van der Waals surface area contributed by atoms with E-state index < -0.39 is 0 Å². The van der Waals surface area contributed by atoms with Crippen LogP contribution in [-0.2, 0) is 4.79 Å². The quantitative estimate of drug-likeness (QED) is 0.857. The van der Waals surface area contributed by atoms with E-state index in [1.54, 1.807) is 18.2 Å². The van der Waals surface area contributed by atoms with Crippen molar-refractivity contribution in [3.8, 4) is 11.5 Å². The Hall–Kier alpha value is -3.02. The summed E-state index contributed by atoms with van der Waals surface area (Å²) in [6.45, 7) is 3.21. The van der Waals surface area contributed by atoms with Crippen molar-refractivity contribution in [2.75, 3.05) is 25.1 Å². The number of para-hydroxylation sites is 1. The predicted molar refractivity (Wildman–Crippen MR) is 111 cm³/mol. The number of anilines is 1. The minimum absolute atomic E-state index is 0.0170. The number of benzene rings is 2. The molecule has 0 saturated carbocycles. The number of nitrogens with zero attached hydrogens (tertiary/aromatic N) is 1. The maximum Gasteiger partial charge on any atom is 0.262 e. The summed E-state index contributed by atoms with van der Waals surface area (Å²) >= 11 is 0. The summed E-state index contributed by atoms with van der Waals surface area (Å²) in [6.07, 6.45) is 4.07. The van der Waals surface area contributed by atoms with Crippen LogP contribution in [0.4, 0.5) is 5.69 Å². The molecule has 2 amide bonds. The molecule has 2 aliphatic heterocycles. The van der Waals surface area contributed by atoms with Gasteiger partial charge in [0.15, 0.2) is 6.61 Å². The van der Waals surface area contributed by atoms with Crippen molar-refractivity contribution in [3.05, 3.63) is 53.6 Å². The molecule has 0 spiro atoms. The number of hydrogen-bond donors (Lipinski definition) is 1. The van der Waals surface area contributed by atoms with Gasteiger partial charge >= 0.3 is 0 Å². The molecule has 1 atom stereocenters. The zero-order valence-corrected chi connectivity index (χ0v) is 16.6. The van der Waals surface area contributed by atoms with E-state index in [9.17, 15) is 9.59 Å². The SMILES string of the molecule is Cc1ccccc1OCC(=O)Nc1ccc2c(c1)C(=O)N1CCCCC1CCO2. The summed E-state index contributed by atoms with van der Waals surface area (Å²) in [7, 11) is 0. The standard InChI is InChI=1S/C23H26N2O4/c1-16-6-2-3-8-20(16)29-15-22(26)24-17-9-10-21-19(14-17)23(27)25-12-5-4-7-18(25)11-13-28-21/h2-3,6,8-10,14,18H,4-5,7,11-13,15H2,1H3,(H,24,26). The third-order valence-corrected chi connectivity index (χ3v) is 5.54. The summed E-state index contributed by atoms with van der Waals surface area (Å²) in [5, 5.41) is 2.82. The Morgan fingerprint density at radius 2 is 2.07 bits per heavy atom. The molecule has 0 aromatic heterocycles. The number of nitrogens with one attached hydrogen (secondary N) is 1. The van der Waals surface area contributed by atoms with E-state index in [0.29, 0.717) is 29.4 Å². The molecule has 0 aliphatic carbocycles. The molecule has 1 fully saturated rings. The predicted octanol–water partition coefficient (Wildman–Crippen LogP) is 3.79. The number of piperidine rings is 1. The van der Waals surface area contributed by atoms with Crippen molar-refractivity contribution in [1.82, 2.24) is 4.90 Å². The minimum atomic E-state index is -0.275. The molecule has 2 aliphatic rings. The van der Waals surface area contributed by atoms with Gasteiger partial charge < -0.3 is 19.7 Å². The topological polar surface area (TPSA) is 67.9 Å². The molecule has 2 heterocycles. The fourth-order valence-corrected chi connectivity index (χ4v) is 3.99. The highest BCUT2D eigenvalue weighted by atomic mass is 16.5. The van der Waals surface area contributed by atoms with Gasteiger partial charge in [0.2, 0.25) is 0 Å². The summed E-state index contributed by atoms with van der Waals surface area (Å²) in [5.41, 5.74) is 2.04. The van der Waals surface area contributed by atoms with Crippen molar-refractivity contribution < 1.29 is 19.1 Å². The molecule has 0 radical (unpaired) electrons. The fraction of sp³-hybridized carbons (Fsp3) is 0.391. The van der Waals surface area contributed by atoms with Gasteiger partial charge in [-0.15, -0.1) is 0 Å². The van der Waals surface area contributed by atoms with Gasteiger partial charge in [-0.2, -0.15) is 0 Å². The van der Waals surface area contributed by atoms with Gasteiger partial charge in [-0.1, -0.05) is 18.2 Å². The van der Waals surface area contributed by atoms with Crippen LogP contribution in [0.25, 0.3) is 0 Å². The number of carbonyl (C=O) groups is 2. The molecular formula is C23H26N2O4. The lowest BCUT2D eigenvalue weighted by molar-refractivity contribution is -0.118. The Balaban J connectivity index is 1.46. The number of aryl methyl sites for hydroxylation is 1. The molecule has 1 unspecified atom stereocenters. The summed E-state index contributed by atoms with van der Waals surface area (Å²) in [6, 6.07) is 13.0. The van der Waals surface area contributed by atoms with E-state index in [1.165, 1.54) is 0 Å². The smallest absolute Gasteiger partial charge is 0.262 e. The van der Waals surface area contributed by atoms with Crippen molar-refractivity contribution in [3.63, 3.8) is 0 Å². The van der Waals surface area contributed by atoms with Crippen molar-refractivity contribution in [1.29, 1.82) is 0 Å². The first-order chi connectivity index (χ1) is 14.1. The first-order valence-electron chi connectivity index (χ1n) is 10.2. The molecular weight excluding hydrogens is 368 g/mol. The number of fused-ring (bicyclic) bond motifs is 2. The lowest BCUT2D eigenvalue weighted by Gasteiger charge is -2.37. The molecule has 6 nitrogen and oxygen atoms in total. The van der Waals surface area contributed by atoms with Gasteiger partial charge in [0.05, 0.1) is 12.2 Å². The van der Waals surface area contributed by atoms with Crippen LogP contribution < -0.4 is 14.8 Å². The Kier molecular flexibility index (Phi) is 5.69. The Morgan fingerprint density at radius 3 is 2.93 bits per heavy atom. The molecule has 29 heavy (non-hydrogen) atoms. The van der Waals surface area contributed by atoms with Crippen molar-refractivity contribution in [2.45, 2.75) is 38.6 Å². The van der Waals surface area contributed by atoms with E-state index in [-0.39, 0.29) is 24.5 Å². The van der Waals surface area contributed by atoms with Crippen LogP contribution in [0.3, 0.4) is 0 Å². The average Bonchev–Trinajstić information content (AvgIpc) is 2.73. The van der Waals surface area contributed by atoms with E-state index in [4.69, 9.17) is 9.47 Å². The zero-order valence-electron chi connectivity index (χ0n) is 16.6. The highest BCUT2D eigenvalue weighted by Crippen LogP contribution is 2.31. The van der Waals surface area contributed by atoms with Gasteiger partial charge in [-0.25, -0.2) is 0 Å². The van der Waals surface area contributed by atoms with Crippen LogP contribution in [0.5, 0.6) is 11.5 Å². The first-order valence-corrected chi connectivity index (χ1v) is 10.2. The van der Waals surface area contributed by atoms with Crippen LogP contribution in [-0.4, -0.2) is 42.5 Å². The second kappa shape index (κ2) is 8.55. The third kappa shape index (κ3) is 4.36. The van der Waals surface area contributed by atoms with Crippen molar-refractivity contribution in [2.24, 2.45) is 0 Å². The van der Waals surface area contributed by atoms with Crippen LogP contribution in [0.1, 0.15) is 41.6 Å². The highest BCUT2D eigenvalue weighted by molar-refractivity contribution is 6.00. The maximum absolute atomic E-state index is 13.1. The lowest BCUT2D eigenvalue weighted by Crippen LogP contribution is -2.45. The fourth-order valence-electron chi connectivity index (χ4n) is 3.99. The van der Waals surface area contributed by atoms with E-state index in [0.717, 1.165) is 37.8 Å². The average molecular weight is 394 g/mol. The molecule has 0 bridgehead atoms. The van der Waals surface area contributed by atoms with E-state index in [1.807, 2.05) is 36.1 Å². The van der Waals surface area contributed by atoms with Gasteiger partial charge in [0, 0.05) is 24.7 Å². The van der Waals surface area contributed by atoms with Crippen LogP contribution in [0, 0.1) is 6.92 Å². The lowest BCUT2D eigenvalue weighted by atomic mass is 9.97. The molecule has 4 rings (SSSR count). The van der Waals surface area contributed by atoms with Gasteiger partial charge in [0.1, 0.15) is 11.5 Å². The second-order valence-electron chi connectivity index (χ2n) is 7.60. The Morgan fingerprint density at radius 1 is 1.21 bits per heavy atom. The van der Waals surface area contributed by atoms with E-state index >= 15 is 0 Å². The molecule has 6 heteroatoms. The number of hydrogen-bond acceptors (Lipinski definition) is 4. The van der Waals surface area contributed by atoms with Crippen molar-refractivity contribution >= 4 is 17.5 Å². The van der Waals surface area contributed by atoms with Crippen LogP contribution in [0.15, 0.2) is 42.5 Å². The number of ether oxygens (including phenoxy) is 2. The van der Waals surface area contributed by atoms with Gasteiger partial charge in [-0.3, -0.25) is 9.59 Å². The molecule has 2 aromatic rings. The Labute approximate surface area is 170 Å². The largest absolute Gasteiger partial charge is 0.493 e. The maximum atomic E-state index is 13.1. The summed E-state index contributed by atoms with van der Waals surface area (Å²) < 4.78 is 11.4. The zero-order chi connectivity index (χ0) is 20.2. The minimum Gasteiger partial charge on any atom is -0.493 e. The Bertz CT molecular complexity index is 912. The number of rotatable bonds is 4. The van der Waals surface area contributed by atoms with Gasteiger partial charge in [0.25, 0.3) is 11.8 Å². The number of carbonyl (C=O) groups excluding carboxylic acids is 2. The number of amides is 2. The van der Waals surface area contributed by atoms with Crippen LogP contribution in [0.2, 0.25) is 0 Å². The summed E-state index contributed by atoms with van der Waals surface area (Å²) in [4.78, 5) is 27.4. The monoisotopic (exact) mass is 394 g/mol.